The predicted octanol–water partition coefficient (Wildman–Crippen LogP) is 6.55. The Bertz CT molecular complexity index is 1130. The van der Waals surface area contributed by atoms with Crippen molar-refractivity contribution in [2.75, 3.05) is 0 Å². The third-order valence-electron chi connectivity index (χ3n) is 5.90. The molecule has 0 spiro atoms. The summed E-state index contributed by atoms with van der Waals surface area (Å²) in [5.74, 6) is -0.0625. The van der Waals surface area contributed by atoms with Crippen LogP contribution in [0, 0.1) is 6.07 Å². The molecule has 0 saturated carbocycles. The van der Waals surface area contributed by atoms with Crippen molar-refractivity contribution in [3.63, 3.8) is 0 Å². The van der Waals surface area contributed by atoms with Crippen LogP contribution in [0.5, 0.6) is 0 Å². The molecule has 0 bridgehead atoms. The number of hydrogen-bond donors (Lipinski definition) is 1. The Hall–Kier alpha value is -2.55. The smallest absolute Gasteiger partial charge is 0.155 e. The number of aliphatic hydroxyl groups is 1. The first-order valence-electron chi connectivity index (χ1n) is 10.5. The van der Waals surface area contributed by atoms with Crippen LogP contribution in [0.1, 0.15) is 63.8 Å². The number of carbonyl (C=O) groups excluding carboxylic acids is 1. The van der Waals surface area contributed by atoms with Crippen molar-refractivity contribution in [1.82, 2.24) is 4.98 Å². The van der Waals surface area contributed by atoms with E-state index in [1.807, 2.05) is 18.3 Å². The fraction of sp³-hybridized carbons (Fsp3) is 0.286. The van der Waals surface area contributed by atoms with Crippen molar-refractivity contribution in [3.8, 4) is 11.3 Å². The van der Waals surface area contributed by atoms with Gasteiger partial charge in [0.05, 0.1) is 5.76 Å². The van der Waals surface area contributed by atoms with Crippen LogP contribution in [0.25, 0.3) is 11.3 Å². The molecule has 4 heteroatoms. The Labute approximate surface area is 205 Å². The second-order valence-electron chi connectivity index (χ2n) is 9.05. The minimum Gasteiger partial charge on any atom is -0.512 e. The van der Waals surface area contributed by atoms with Gasteiger partial charge in [0.15, 0.2) is 5.78 Å². The zero-order valence-electron chi connectivity index (χ0n) is 19.5. The van der Waals surface area contributed by atoms with E-state index in [1.54, 1.807) is 0 Å². The van der Waals surface area contributed by atoms with E-state index in [1.165, 1.54) is 42.2 Å². The SMILES string of the molecule is CC(=O)/C=C(/C)O.CC1(C)c2ccccc2C(C)(C)c2c(-c3ccccn3)[c-]ccc21.[Ir]. The van der Waals surface area contributed by atoms with Gasteiger partial charge in [-0.3, -0.25) is 4.79 Å². The number of fused-ring (bicyclic) bond motifs is 2. The van der Waals surface area contributed by atoms with E-state index in [9.17, 15) is 4.79 Å². The van der Waals surface area contributed by atoms with Gasteiger partial charge in [0.2, 0.25) is 0 Å². The van der Waals surface area contributed by atoms with Crippen LogP contribution in [0.4, 0.5) is 0 Å². The van der Waals surface area contributed by atoms with Crippen LogP contribution in [0.15, 0.2) is 72.6 Å². The molecule has 1 radical (unpaired) electrons. The summed E-state index contributed by atoms with van der Waals surface area (Å²) in [4.78, 5) is 14.6. The van der Waals surface area contributed by atoms with Crippen molar-refractivity contribution in [2.24, 2.45) is 0 Å². The summed E-state index contributed by atoms with van der Waals surface area (Å²) in [6.07, 6.45) is 3.03. The molecular weight excluding hydrogens is 575 g/mol. The number of rotatable bonds is 2. The van der Waals surface area contributed by atoms with Gasteiger partial charge >= 0.3 is 0 Å². The number of carbonyl (C=O) groups is 1. The molecule has 1 aliphatic rings. The Morgan fingerprint density at radius 1 is 0.906 bits per heavy atom. The van der Waals surface area contributed by atoms with Gasteiger partial charge in [0.1, 0.15) is 0 Å². The fourth-order valence-corrected chi connectivity index (χ4v) is 4.53. The number of ketones is 1. The molecule has 3 nitrogen and oxygen atoms in total. The van der Waals surface area contributed by atoms with Gasteiger partial charge in [-0.05, 0) is 47.6 Å². The molecule has 0 fully saturated rings. The average Bonchev–Trinajstić information content (AvgIpc) is 2.72. The number of aromatic nitrogens is 1. The maximum atomic E-state index is 10.0. The summed E-state index contributed by atoms with van der Waals surface area (Å²) in [7, 11) is 0. The van der Waals surface area contributed by atoms with Gasteiger partial charge in [-0.2, -0.15) is 0 Å². The number of nitrogens with zero attached hydrogens (tertiary/aromatic N) is 1. The maximum Gasteiger partial charge on any atom is 0.155 e. The van der Waals surface area contributed by atoms with E-state index >= 15 is 0 Å². The van der Waals surface area contributed by atoms with E-state index in [0.29, 0.717) is 0 Å². The molecule has 1 N–H and O–H groups in total. The molecule has 1 heterocycles. The molecule has 169 valence electrons. The van der Waals surface area contributed by atoms with Gasteiger partial charge in [-0.25, -0.2) is 0 Å². The molecule has 0 amide bonds. The first kappa shape index (κ1) is 25.7. The van der Waals surface area contributed by atoms with Gasteiger partial charge < -0.3 is 10.1 Å². The third kappa shape index (κ3) is 4.92. The quantitative estimate of drug-likeness (QED) is 0.205. The molecule has 1 aromatic heterocycles. The average molecular weight is 605 g/mol. The zero-order chi connectivity index (χ0) is 22.8. The van der Waals surface area contributed by atoms with E-state index in [2.05, 4.69) is 81.2 Å². The summed E-state index contributed by atoms with van der Waals surface area (Å²) in [5.41, 5.74) is 7.57. The molecule has 0 unspecified atom stereocenters. The number of pyridine rings is 1. The molecule has 0 saturated heterocycles. The molecule has 0 aliphatic heterocycles. The topological polar surface area (TPSA) is 50.2 Å². The monoisotopic (exact) mass is 605 g/mol. The Balaban J connectivity index is 0.000000398. The fourth-order valence-electron chi connectivity index (χ4n) is 4.53. The van der Waals surface area contributed by atoms with Crippen LogP contribution in [-0.2, 0) is 35.7 Å². The molecule has 4 rings (SSSR count). The summed E-state index contributed by atoms with van der Waals surface area (Å²) in [6, 6.07) is 22.7. The minimum atomic E-state index is -0.125. The second-order valence-corrected chi connectivity index (χ2v) is 9.05. The number of hydrogen-bond acceptors (Lipinski definition) is 3. The van der Waals surface area contributed by atoms with Gasteiger partial charge in [-0.1, -0.05) is 64.1 Å². The van der Waals surface area contributed by atoms with E-state index in [-0.39, 0.29) is 42.5 Å². The summed E-state index contributed by atoms with van der Waals surface area (Å²) >= 11 is 0. The van der Waals surface area contributed by atoms with Crippen LogP contribution in [0.2, 0.25) is 0 Å². The van der Waals surface area contributed by atoms with Crippen molar-refractivity contribution >= 4 is 5.78 Å². The van der Waals surface area contributed by atoms with Gasteiger partial charge in [0, 0.05) is 32.4 Å². The van der Waals surface area contributed by atoms with E-state index in [0.717, 1.165) is 11.3 Å². The van der Waals surface area contributed by atoms with E-state index < -0.39 is 0 Å². The van der Waals surface area contributed by atoms with Crippen LogP contribution in [-0.4, -0.2) is 15.9 Å². The first-order valence-corrected chi connectivity index (χ1v) is 10.5. The van der Waals surface area contributed by atoms with Crippen LogP contribution in [0.3, 0.4) is 0 Å². The molecule has 3 aromatic rings. The Kier molecular flexibility index (Phi) is 7.98. The summed E-state index contributed by atoms with van der Waals surface area (Å²) < 4.78 is 0. The van der Waals surface area contributed by atoms with Crippen molar-refractivity contribution in [3.05, 3.63) is 101 Å². The summed E-state index contributed by atoms with van der Waals surface area (Å²) in [5, 5.41) is 8.36. The Morgan fingerprint density at radius 2 is 1.50 bits per heavy atom. The first-order chi connectivity index (χ1) is 14.6. The van der Waals surface area contributed by atoms with Crippen LogP contribution >= 0.6 is 0 Å². The van der Waals surface area contributed by atoms with Crippen LogP contribution < -0.4 is 0 Å². The van der Waals surface area contributed by atoms with Crippen molar-refractivity contribution in [1.29, 1.82) is 0 Å². The third-order valence-corrected chi connectivity index (χ3v) is 5.90. The number of aliphatic hydroxyl groups excluding tert-OH is 1. The maximum absolute atomic E-state index is 10.0. The molecular formula is C28H30IrNO2-. The van der Waals surface area contributed by atoms with Crippen molar-refractivity contribution < 1.29 is 30.0 Å². The molecule has 32 heavy (non-hydrogen) atoms. The standard InChI is InChI=1S/C23H22N.C5H8O2.Ir/c1-22(2)17-11-5-6-12-18(17)23(3,4)21-16(10-9-13-19(21)22)20-14-7-8-15-24-20;1-4(6)3-5(2)7;/h5-9,11-15H,1-4H3;3,6H,1-2H3;/q-1;;/b;4-3-;. The zero-order valence-corrected chi connectivity index (χ0v) is 21.9. The number of benzene rings is 2. The summed E-state index contributed by atoms with van der Waals surface area (Å²) in [6.45, 7) is 12.1. The molecule has 1 aliphatic carbocycles. The minimum absolute atomic E-state index is 0. The van der Waals surface area contributed by atoms with Crippen molar-refractivity contribution in [2.45, 2.75) is 52.4 Å². The van der Waals surface area contributed by atoms with E-state index in [4.69, 9.17) is 5.11 Å². The largest absolute Gasteiger partial charge is 0.512 e. The number of allylic oxidation sites excluding steroid dienone is 2. The normalized spacial score (nSPS) is 15.2. The molecule has 2 aromatic carbocycles. The Morgan fingerprint density at radius 3 is 2.00 bits per heavy atom. The molecule has 0 atom stereocenters. The predicted molar refractivity (Wildman–Crippen MR) is 126 cm³/mol. The second kappa shape index (κ2) is 9.94. The van der Waals surface area contributed by atoms with Gasteiger partial charge in [-0.15, -0.1) is 34.9 Å². The van der Waals surface area contributed by atoms with Gasteiger partial charge in [0.25, 0.3) is 0 Å².